The Bertz CT molecular complexity index is 4930. The first-order valence-corrected chi connectivity index (χ1v) is 53.0. The summed E-state index contributed by atoms with van der Waals surface area (Å²) in [6.07, 6.45) is 42.3. The summed E-state index contributed by atoms with van der Waals surface area (Å²) in [4.78, 5) is 45.4. The van der Waals surface area contributed by atoms with Crippen LogP contribution in [0.2, 0.25) is 0 Å². The number of halogens is 1. The van der Waals surface area contributed by atoms with Crippen LogP contribution in [0.1, 0.15) is 328 Å². The number of carboxylic acid groups (broad SMARTS) is 4. The second-order valence-electron chi connectivity index (χ2n) is 46.8. The van der Waals surface area contributed by atoms with E-state index in [9.17, 15) is 38.9 Å². The summed E-state index contributed by atoms with van der Waals surface area (Å²) in [7, 11) is 0. The minimum absolute atomic E-state index is 0.000185. The van der Waals surface area contributed by atoms with Crippen LogP contribution in [0.5, 0.6) is 23.0 Å². The number of carboxylic acids is 4. The van der Waals surface area contributed by atoms with Crippen LogP contribution in [0, 0.1) is 120 Å². The third-order valence-corrected chi connectivity index (χ3v) is 39.0. The summed E-state index contributed by atoms with van der Waals surface area (Å²) in [5.74, 6) is 3.20. The van der Waals surface area contributed by atoms with Gasteiger partial charge < -0.3 is 77.3 Å². The fraction of sp³-hybridized carbons (Fsp3) is 0.690. The molecule has 4 aromatic carbocycles. The minimum Gasteiger partial charge on any atom is -0.494 e. The number of aromatic carboxylic acids is 4. The third kappa shape index (κ3) is 20.5. The number of allylic oxidation sites excluding steroid dienone is 4. The maximum Gasteiger partial charge on any atom is 0.339 e. The molecule has 0 aromatic heterocycles. The zero-order valence-electron chi connectivity index (χ0n) is 83.3. The lowest BCUT2D eigenvalue weighted by Gasteiger charge is -2.63. The molecule has 20 rings (SSSR count). The Morgan fingerprint density at radius 2 is 0.642 bits per heavy atom. The van der Waals surface area contributed by atoms with Crippen molar-refractivity contribution in [3.8, 4) is 23.0 Å². The standard InChI is InChI=1S/C29H39FO5.3C29H40O5/c1-18-8-11-24-28(2,22(18)13-15-33-23-10-9-20(30)16-21(23)26(31)32)14-12-25-29(24,3)17-34-27(35-25)19-6-4-5-7-19;1-19-12-13-24-28(2,22(19)15-17-32-23-11-7-6-10-21(23)26(30)31)16-14-25-29(24,3)18-33-27(34-25)20-8-4-5-9-20;1-19-11-12-24-28(2,23(19)14-16-32-22-10-6-9-21(17-22)26(30)31)15-13-25-29(24,3)18-33-27(34-25)20-7-4-5-8-20;1-19-8-13-24-28(2,23(19)15-17-32-22-11-9-20(10-12-22)26(30)31)16-14-25-29(24,3)18-33-27(34-25)21-6-4-5-7-21/h9-10,16,19,22,24-25,27H,1,4-8,11-15,17H2,2-3H3,(H,31,32);6-7,10-11,20,22,24-25,27H,1,4-5,8-9,12-18H2,2-3H3,(H,30,31);6,9-10,17,20,23-25,27H,1,4-5,7-8,11-16,18H2,2-3H3,(H,30,31);9-12,21,23-25,27H,1,4-8,13-18H2,2-3H3,(H,30,31)/t2*22-,24?,25-,27-,28+,29+;2*23-,24?,25-,27-,28+,29+/m1111/s1. The van der Waals surface area contributed by atoms with Gasteiger partial charge in [0.25, 0.3) is 0 Å². The van der Waals surface area contributed by atoms with Gasteiger partial charge in [-0.2, -0.15) is 0 Å². The van der Waals surface area contributed by atoms with Crippen molar-refractivity contribution < 1.29 is 101 Å². The molecule has 4 saturated heterocycles. The molecule has 0 bridgehead atoms. The molecule has 4 heterocycles. The predicted octanol–water partition coefficient (Wildman–Crippen LogP) is 26.0. The van der Waals surface area contributed by atoms with Crippen LogP contribution in [0.4, 0.5) is 4.39 Å². The molecule has 4 aromatic rings. The van der Waals surface area contributed by atoms with E-state index in [2.05, 4.69) is 81.7 Å². The number of carbonyl (C=O) groups is 4. The number of fused-ring (bicyclic) bond motifs is 12. The van der Waals surface area contributed by atoms with Crippen LogP contribution in [-0.4, -0.2) is 147 Å². The Morgan fingerprint density at radius 1 is 0.328 bits per heavy atom. The zero-order valence-corrected chi connectivity index (χ0v) is 83.3. The first-order chi connectivity index (χ1) is 65.7. The van der Waals surface area contributed by atoms with Crippen molar-refractivity contribution >= 4 is 23.9 Å². The van der Waals surface area contributed by atoms with Crippen molar-refractivity contribution in [3.05, 3.63) is 168 Å². The first-order valence-electron chi connectivity index (χ1n) is 53.0. The smallest absolute Gasteiger partial charge is 0.339 e. The summed E-state index contributed by atoms with van der Waals surface area (Å²) in [6.45, 7) is 42.5. The van der Waals surface area contributed by atoms with E-state index in [4.69, 9.17) is 61.9 Å². The van der Waals surface area contributed by atoms with Gasteiger partial charge in [-0.25, -0.2) is 23.6 Å². The molecule has 12 aliphatic carbocycles. The lowest BCUT2D eigenvalue weighted by molar-refractivity contribution is -0.316. The number of hydrogen-bond donors (Lipinski definition) is 4. The van der Waals surface area contributed by atoms with E-state index in [1.165, 1.54) is 137 Å². The predicted molar refractivity (Wildman–Crippen MR) is 524 cm³/mol. The van der Waals surface area contributed by atoms with E-state index in [0.29, 0.717) is 109 Å². The highest BCUT2D eigenvalue weighted by molar-refractivity contribution is 5.91. The Hall–Kier alpha value is -7.47. The summed E-state index contributed by atoms with van der Waals surface area (Å²) in [6, 6.07) is 24.0. The average Bonchev–Trinajstić information content (AvgIpc) is 0.905. The lowest BCUT2D eigenvalue weighted by atomic mass is 9.46. The molecular formula is C116H159FO20. The van der Waals surface area contributed by atoms with Crippen LogP contribution in [0.3, 0.4) is 0 Å². The number of rotatable bonds is 24. The highest BCUT2D eigenvalue weighted by Gasteiger charge is 2.66. The number of para-hydroxylation sites is 1. The monoisotopic (exact) mass is 1890 g/mol. The third-order valence-electron chi connectivity index (χ3n) is 39.0. The van der Waals surface area contributed by atoms with Crippen molar-refractivity contribution in [2.24, 2.45) is 114 Å². The Morgan fingerprint density at radius 3 is 0.971 bits per heavy atom. The molecule has 16 fully saturated rings. The van der Waals surface area contributed by atoms with Gasteiger partial charge in [0.2, 0.25) is 0 Å². The fourth-order valence-electron chi connectivity index (χ4n) is 31.6. The van der Waals surface area contributed by atoms with Crippen molar-refractivity contribution in [3.63, 3.8) is 0 Å². The molecule has 0 radical (unpaired) electrons. The fourth-order valence-corrected chi connectivity index (χ4v) is 31.6. The van der Waals surface area contributed by atoms with Crippen LogP contribution in [0.25, 0.3) is 0 Å². The van der Waals surface area contributed by atoms with Gasteiger partial charge in [0.1, 0.15) is 39.9 Å². The number of ether oxygens (including phenoxy) is 12. The van der Waals surface area contributed by atoms with E-state index in [0.717, 1.165) is 167 Å². The molecule has 4 aliphatic heterocycles. The molecule has 24 atom stereocenters. The van der Waals surface area contributed by atoms with Crippen molar-refractivity contribution in [2.75, 3.05) is 52.9 Å². The Balaban J connectivity index is 0.000000127. The second-order valence-corrected chi connectivity index (χ2v) is 46.8. The van der Waals surface area contributed by atoms with Crippen LogP contribution < -0.4 is 18.9 Å². The van der Waals surface area contributed by atoms with Gasteiger partial charge in [-0.15, -0.1) is 0 Å². The number of hydrogen-bond acceptors (Lipinski definition) is 16. The molecule has 21 heteroatoms. The molecule has 137 heavy (non-hydrogen) atoms. The van der Waals surface area contributed by atoms with E-state index in [1.54, 1.807) is 60.7 Å². The van der Waals surface area contributed by atoms with Crippen LogP contribution >= 0.6 is 0 Å². The quantitative estimate of drug-likeness (QED) is 0.0475. The van der Waals surface area contributed by atoms with Gasteiger partial charge >= 0.3 is 23.9 Å². The maximum absolute atomic E-state index is 13.5. The van der Waals surface area contributed by atoms with E-state index < -0.39 is 29.7 Å². The van der Waals surface area contributed by atoms with Gasteiger partial charge in [0.15, 0.2) is 25.2 Å². The van der Waals surface area contributed by atoms with E-state index in [1.807, 2.05) is 12.1 Å². The summed E-state index contributed by atoms with van der Waals surface area (Å²) in [5, 5.41) is 37.2. The topological polar surface area (TPSA) is 260 Å². The zero-order chi connectivity index (χ0) is 96.6. The van der Waals surface area contributed by atoms with E-state index >= 15 is 0 Å². The SMILES string of the molecule is C=C1CCC2[C@]3(C)CO[C@@H](C4CCCC4)O[C@@H]3CC[C@@]2(C)[C@@H]1CCOc1ccc(C(=O)O)cc1.C=C1CCC2[C@]3(C)CO[C@@H](C4CCCC4)O[C@@H]3CC[C@@]2(C)[C@@H]1CCOc1ccc(F)cc1C(=O)O.C=C1CCC2[C@]3(C)CO[C@@H](C4CCCC4)O[C@@H]3CC[C@@]2(C)[C@@H]1CCOc1cccc(C(=O)O)c1.C=C1CCC2[C@]3(C)CO[C@@H](C4CCCC4)O[C@@H]3CC[C@@]2(C)[C@@H]1CCOc1ccccc1C(=O)O. The summed E-state index contributed by atoms with van der Waals surface area (Å²) < 4.78 is 90.0. The Labute approximate surface area is 814 Å². The normalized spacial score (nSPS) is 38.1. The summed E-state index contributed by atoms with van der Waals surface area (Å²) >= 11 is 0. The van der Waals surface area contributed by atoms with Crippen LogP contribution in [0.15, 0.2) is 140 Å². The van der Waals surface area contributed by atoms with Gasteiger partial charge in [-0.1, -0.05) is 174 Å². The molecule has 4 unspecified atom stereocenters. The largest absolute Gasteiger partial charge is 0.494 e. The van der Waals surface area contributed by atoms with Gasteiger partial charge in [-0.3, -0.25) is 0 Å². The molecule has 4 N–H and O–H groups in total. The summed E-state index contributed by atoms with van der Waals surface area (Å²) in [5.41, 5.74) is 6.49. The Kier molecular flexibility index (Phi) is 31.1. The molecule has 0 spiro atoms. The molecule has 750 valence electrons. The molecule has 12 saturated carbocycles. The highest BCUT2D eigenvalue weighted by Crippen LogP contribution is 2.69. The van der Waals surface area contributed by atoms with E-state index in [-0.39, 0.29) is 121 Å². The molecule has 16 aliphatic rings. The van der Waals surface area contributed by atoms with Gasteiger partial charge in [-0.05, 0) is 322 Å². The lowest BCUT2D eigenvalue weighted by Crippen LogP contribution is -2.62. The van der Waals surface area contributed by atoms with Gasteiger partial charge in [0.05, 0.1) is 88.4 Å². The van der Waals surface area contributed by atoms with Crippen molar-refractivity contribution in [2.45, 2.75) is 336 Å². The first kappa shape index (κ1) is 101. The highest BCUT2D eigenvalue weighted by atomic mass is 19.1. The molecule has 20 nitrogen and oxygen atoms in total. The average molecular weight is 1890 g/mol. The van der Waals surface area contributed by atoms with Crippen molar-refractivity contribution in [1.29, 1.82) is 0 Å². The second kappa shape index (κ2) is 42.2. The van der Waals surface area contributed by atoms with Gasteiger partial charge in [0, 0.05) is 45.3 Å². The number of benzene rings is 4. The maximum atomic E-state index is 13.5. The van der Waals surface area contributed by atoms with Crippen molar-refractivity contribution in [1.82, 2.24) is 0 Å². The molecule has 0 amide bonds. The van der Waals surface area contributed by atoms with Crippen LogP contribution in [-0.2, 0) is 37.9 Å². The molecular weight excluding hydrogens is 1730 g/mol. The minimum atomic E-state index is -1.19.